The monoisotopic (exact) mass is 1160 g/mol. The van der Waals surface area contributed by atoms with Crippen LogP contribution in [0, 0.1) is 5.92 Å². The molecule has 11 nitrogen and oxygen atoms in total. The van der Waals surface area contributed by atoms with Crippen LogP contribution in [0.1, 0.15) is 210 Å². The van der Waals surface area contributed by atoms with Crippen molar-refractivity contribution >= 4 is 30.9 Å². The first kappa shape index (κ1) is 70.0. The van der Waals surface area contributed by atoms with E-state index in [9.17, 15) is 0 Å². The molecule has 3 fully saturated rings. The van der Waals surface area contributed by atoms with Crippen LogP contribution in [0.3, 0.4) is 0 Å². The highest BCUT2D eigenvalue weighted by atomic mass is 28.4. The summed E-state index contributed by atoms with van der Waals surface area (Å²) >= 11 is 0. The first-order valence-corrected chi connectivity index (χ1v) is 38.8. The molecular weight excluding hydrogens is 1040 g/mol. The third-order valence-corrected chi connectivity index (χ3v) is 33.2. The van der Waals surface area contributed by atoms with Crippen molar-refractivity contribution in [1.82, 2.24) is 0 Å². The largest absolute Gasteiger partial charge is 0.459 e. The highest BCUT2D eigenvalue weighted by Gasteiger charge is 2.52. The summed E-state index contributed by atoms with van der Waals surface area (Å²) in [4.78, 5) is 15.6. The zero-order chi connectivity index (χ0) is 59.7. The third-order valence-electron chi connectivity index (χ3n) is 18.1. The number of carbonyl (C=O) groups excluding carboxylic acids is 1. The van der Waals surface area contributed by atoms with Crippen LogP contribution in [-0.4, -0.2) is 109 Å². The molecule has 4 rings (SSSR count). The molecule has 0 aromatic rings. The normalized spacial score (nSPS) is 33.0. The number of hydrogen-bond donors (Lipinski definition) is 0. The van der Waals surface area contributed by atoms with Gasteiger partial charge in [0.25, 0.3) is 0 Å². The highest BCUT2D eigenvalue weighted by molar-refractivity contribution is 6.77. The number of ether oxygens (including phenoxy) is 7. The first-order chi connectivity index (χ1) is 36.2. The Morgan fingerprint density at radius 2 is 1.00 bits per heavy atom. The molecule has 0 amide bonds. The maximum absolute atomic E-state index is 15.6. The van der Waals surface area contributed by atoms with E-state index in [0.29, 0.717) is 48.7 Å². The Labute approximate surface area is 486 Å². The second-order valence-electron chi connectivity index (χ2n) is 29.3. The van der Waals surface area contributed by atoms with Gasteiger partial charge in [-0.05, 0) is 120 Å². The van der Waals surface area contributed by atoms with Gasteiger partial charge < -0.3 is 46.4 Å². The Bertz CT molecular complexity index is 2030. The van der Waals surface area contributed by atoms with Gasteiger partial charge in [-0.15, -0.1) is 0 Å². The highest BCUT2D eigenvalue weighted by Crippen LogP contribution is 2.47. The number of allylic oxidation sites excluding steroid dienone is 8. The number of esters is 1. The van der Waals surface area contributed by atoms with Crippen LogP contribution in [0.5, 0.6) is 0 Å². The van der Waals surface area contributed by atoms with E-state index in [1.807, 2.05) is 84.9 Å². The van der Waals surface area contributed by atoms with Gasteiger partial charge in [0.1, 0.15) is 18.1 Å². The fourth-order valence-corrected chi connectivity index (χ4v) is 20.6. The van der Waals surface area contributed by atoms with Gasteiger partial charge in [0.05, 0.1) is 48.8 Å². The van der Waals surface area contributed by atoms with E-state index in [1.165, 1.54) is 5.57 Å². The summed E-state index contributed by atoms with van der Waals surface area (Å²) in [7, 11) is -7.08. The van der Waals surface area contributed by atoms with Gasteiger partial charge in [-0.3, -0.25) is 4.79 Å². The lowest BCUT2D eigenvalue weighted by molar-refractivity contribution is -0.337. The van der Waals surface area contributed by atoms with Crippen LogP contribution in [-0.2, 0) is 51.2 Å². The van der Waals surface area contributed by atoms with Gasteiger partial charge in [0.2, 0.25) is 8.32 Å². The molecule has 0 N–H and O–H groups in total. The topological polar surface area (TPSA) is 109 Å². The molecule has 79 heavy (non-hydrogen) atoms. The summed E-state index contributed by atoms with van der Waals surface area (Å²) < 4.78 is 70.1. The molecule has 0 spiro atoms. The van der Waals surface area contributed by atoms with Crippen LogP contribution >= 0.6 is 0 Å². The maximum Gasteiger partial charge on any atom is 0.314 e. The second kappa shape index (κ2) is 28.6. The molecule has 456 valence electrons. The fraction of sp³-hybridized carbons (Fsp3) is 0.831. The molecule has 14 heteroatoms. The minimum Gasteiger partial charge on any atom is -0.459 e. The van der Waals surface area contributed by atoms with Crippen molar-refractivity contribution in [2.24, 2.45) is 5.92 Å². The number of rotatable bonds is 14. The molecule has 11 atom stereocenters. The molecule has 4 aliphatic rings. The number of carbonyl (C=O) groups is 1. The molecule has 0 saturated carbocycles. The lowest BCUT2D eigenvalue weighted by Crippen LogP contribution is -2.56. The van der Waals surface area contributed by atoms with Crippen LogP contribution in [0.25, 0.3) is 0 Å². The van der Waals surface area contributed by atoms with Crippen molar-refractivity contribution in [3.05, 3.63) is 60.3 Å². The molecule has 0 radical (unpaired) electrons. The molecule has 4 aliphatic heterocycles. The smallest absolute Gasteiger partial charge is 0.314 e. The fourth-order valence-electron chi connectivity index (χ4n) is 12.3. The zero-order valence-corrected chi connectivity index (χ0v) is 57.8. The first-order valence-electron chi connectivity index (χ1n) is 30.9. The van der Waals surface area contributed by atoms with E-state index in [2.05, 4.69) is 141 Å². The Balaban J connectivity index is 1.88. The number of cyclic esters (lactones) is 1. The molecule has 0 aromatic carbocycles. The molecule has 6 bridgehead atoms. The Morgan fingerprint density at radius 1 is 0.582 bits per heavy atom. The SMILES string of the molecule is CCCCC[C@@H](O[Si](C)(C)C(C)(C)C)[C@H]1C(=O)O[C@H](C)[C@@H](O[Si](C)(C)C(C)(C)C)\C=C/C=C\C=C/C=C\C=C(\C)[C@@H](O[Si](C(C)C)(C(C)C)C(C)C)C[C@H]2C[C@@H](C[C@H]3C[C@@H](C[C@H]4C[C@@H]1OC(C)(C)O4)OC(C)(C)O3)OC(C)(C)O2. The van der Waals surface area contributed by atoms with E-state index < -0.39 is 72.6 Å². The summed E-state index contributed by atoms with van der Waals surface area (Å²) in [5, 5.41) is -0.170. The molecule has 0 aromatic heterocycles. The average Bonchev–Trinajstić information content (AvgIpc) is 3.26. The van der Waals surface area contributed by atoms with E-state index >= 15 is 4.79 Å². The van der Waals surface area contributed by atoms with Gasteiger partial charge >= 0.3 is 5.97 Å². The average molecular weight is 1160 g/mol. The predicted molar refractivity (Wildman–Crippen MR) is 333 cm³/mol. The lowest BCUT2D eigenvalue weighted by Gasteiger charge is -2.49. The summed E-state index contributed by atoms with van der Waals surface area (Å²) in [6.07, 6.45) is 23.1. The van der Waals surface area contributed by atoms with Crippen molar-refractivity contribution in [2.45, 2.75) is 341 Å². The Hall–Kier alpha value is -1.54. The quantitative estimate of drug-likeness (QED) is 0.0942. The number of unbranched alkanes of at least 4 members (excludes halogenated alkanes) is 2. The van der Waals surface area contributed by atoms with Gasteiger partial charge in [-0.1, -0.05) is 164 Å². The maximum atomic E-state index is 15.6. The summed E-state index contributed by atoms with van der Waals surface area (Å²) in [5.41, 5.74) is 2.47. The van der Waals surface area contributed by atoms with Crippen LogP contribution in [0.4, 0.5) is 0 Å². The van der Waals surface area contributed by atoms with Gasteiger partial charge in [0, 0.05) is 38.5 Å². The molecular formula is C65H118O11Si3. The summed E-state index contributed by atoms with van der Waals surface area (Å²) in [6, 6.07) is 0. The van der Waals surface area contributed by atoms with Crippen LogP contribution in [0.2, 0.25) is 52.9 Å². The third kappa shape index (κ3) is 20.3. The minimum absolute atomic E-state index is 0.0762. The van der Waals surface area contributed by atoms with Gasteiger partial charge in [-0.25, -0.2) is 0 Å². The van der Waals surface area contributed by atoms with E-state index in [-0.39, 0.29) is 52.7 Å². The molecule has 3 saturated heterocycles. The standard InChI is InChI=1S/C65H118O11Si3/c1-26-27-33-38-56(75-78(24,25)62(13,14)15)59-58-44-54(72-65(20,21)73-58)42-52-40-50(68-63(16,17)69-52)39-51-41-53(71-64(18,19)70-51)43-57(76-79(45(2)3,46(4)5)47(6)7)48(8)36-34-31-29-28-30-32-35-37-55(49(9)67-60(59)66)74-77(22,23)61(10,11)12/h28-32,34-37,45-47,49-59H,26-27,33,38-44H2,1-25H3/b29-28-,32-30-,34-31-,37-35-,48-36-/t49-,50+,51-,52+,53-,54+,55+,56-,57+,58+,59-/m1/s1. The van der Waals surface area contributed by atoms with Crippen molar-refractivity contribution in [1.29, 1.82) is 0 Å². The van der Waals surface area contributed by atoms with E-state index in [1.54, 1.807) is 0 Å². The van der Waals surface area contributed by atoms with Crippen LogP contribution < -0.4 is 0 Å². The second-order valence-corrected chi connectivity index (χ2v) is 44.2. The van der Waals surface area contributed by atoms with E-state index in [4.69, 9.17) is 46.4 Å². The summed E-state index contributed by atoms with van der Waals surface area (Å²) in [5.74, 6) is -3.72. The Kier molecular flexibility index (Phi) is 25.3. The van der Waals surface area contributed by atoms with Gasteiger partial charge in [0.15, 0.2) is 34.0 Å². The zero-order valence-electron chi connectivity index (χ0n) is 54.8. The van der Waals surface area contributed by atoms with Crippen LogP contribution in [0.15, 0.2) is 60.3 Å². The molecule has 0 aliphatic carbocycles. The number of fused-ring (bicyclic) bond motifs is 6. The molecule has 4 heterocycles. The van der Waals surface area contributed by atoms with Crippen molar-refractivity contribution in [2.75, 3.05) is 0 Å². The summed E-state index contributed by atoms with van der Waals surface area (Å²) in [6.45, 7) is 55.1. The Morgan fingerprint density at radius 3 is 1.44 bits per heavy atom. The van der Waals surface area contributed by atoms with Gasteiger partial charge in [-0.2, -0.15) is 0 Å². The predicted octanol–water partition coefficient (Wildman–Crippen LogP) is 17.5. The van der Waals surface area contributed by atoms with Crippen molar-refractivity contribution in [3.63, 3.8) is 0 Å². The van der Waals surface area contributed by atoms with E-state index in [0.717, 1.165) is 32.1 Å². The van der Waals surface area contributed by atoms with Crippen molar-refractivity contribution < 1.29 is 51.2 Å². The molecule has 0 unspecified atom stereocenters. The minimum atomic E-state index is -2.43. The number of hydrogen-bond acceptors (Lipinski definition) is 11. The lowest BCUT2D eigenvalue weighted by atomic mass is 9.86. The van der Waals surface area contributed by atoms with Crippen molar-refractivity contribution in [3.8, 4) is 0 Å².